The minimum absolute atomic E-state index is 0.0767. The zero-order chi connectivity index (χ0) is 51.4. The molecular weight excluding hydrogens is 877 g/mol. The number of carbonyl (C=O) groups excluding carboxylic acids is 3. The lowest BCUT2D eigenvalue weighted by molar-refractivity contribution is -0.167. The van der Waals surface area contributed by atoms with Gasteiger partial charge in [-0.1, -0.05) is 256 Å². The number of rotatable bonds is 57. The van der Waals surface area contributed by atoms with Gasteiger partial charge in [0.1, 0.15) is 13.2 Å². The Hall–Kier alpha value is -2.63. The van der Waals surface area contributed by atoms with Crippen LogP contribution in [0.4, 0.5) is 0 Å². The average molecular weight is 996 g/mol. The Balaban J connectivity index is 4.37. The van der Waals surface area contributed by atoms with Gasteiger partial charge in [0.15, 0.2) is 6.10 Å². The van der Waals surface area contributed by atoms with Crippen LogP contribution < -0.4 is 0 Å². The second-order valence-corrected chi connectivity index (χ2v) is 21.0. The Labute approximate surface area is 441 Å². The fraction of sp³-hybridized carbons (Fsp3) is 0.831. The molecule has 0 unspecified atom stereocenters. The van der Waals surface area contributed by atoms with Gasteiger partial charge in [-0.2, -0.15) is 0 Å². The summed E-state index contributed by atoms with van der Waals surface area (Å²) >= 11 is 0. The first kappa shape index (κ1) is 68.4. The monoisotopic (exact) mass is 995 g/mol. The number of hydrogen-bond donors (Lipinski definition) is 0. The highest BCUT2D eigenvalue weighted by atomic mass is 16.6. The van der Waals surface area contributed by atoms with Crippen molar-refractivity contribution in [2.24, 2.45) is 0 Å². The fourth-order valence-electron chi connectivity index (χ4n) is 9.05. The Morgan fingerprint density at radius 3 is 0.817 bits per heavy atom. The average Bonchev–Trinajstić information content (AvgIpc) is 3.37. The Morgan fingerprint density at radius 1 is 0.282 bits per heavy atom. The molecule has 0 saturated heterocycles. The summed E-state index contributed by atoms with van der Waals surface area (Å²) in [5, 5.41) is 0. The van der Waals surface area contributed by atoms with Gasteiger partial charge in [-0.25, -0.2) is 0 Å². The largest absolute Gasteiger partial charge is 0.462 e. The molecule has 71 heavy (non-hydrogen) atoms. The maximum absolute atomic E-state index is 12.9. The third kappa shape index (κ3) is 58.1. The molecule has 0 aromatic heterocycles. The van der Waals surface area contributed by atoms with Crippen LogP contribution in [-0.2, 0) is 28.6 Å². The summed E-state index contributed by atoms with van der Waals surface area (Å²) in [7, 11) is 0. The zero-order valence-electron chi connectivity index (χ0n) is 47.5. The Kier molecular flexibility index (Phi) is 57.7. The van der Waals surface area contributed by atoms with Gasteiger partial charge in [-0.3, -0.25) is 14.4 Å². The fourth-order valence-corrected chi connectivity index (χ4v) is 9.05. The molecule has 0 aromatic carbocycles. The van der Waals surface area contributed by atoms with Gasteiger partial charge < -0.3 is 14.2 Å². The van der Waals surface area contributed by atoms with E-state index < -0.39 is 6.10 Å². The van der Waals surface area contributed by atoms with Crippen LogP contribution in [0, 0.1) is 0 Å². The van der Waals surface area contributed by atoms with Crippen LogP contribution >= 0.6 is 0 Å². The molecule has 6 heteroatoms. The molecule has 0 rings (SSSR count). The van der Waals surface area contributed by atoms with E-state index in [0.29, 0.717) is 19.3 Å². The van der Waals surface area contributed by atoms with Crippen molar-refractivity contribution in [3.63, 3.8) is 0 Å². The van der Waals surface area contributed by atoms with Crippen molar-refractivity contribution in [2.45, 2.75) is 335 Å². The first-order valence-electron chi connectivity index (χ1n) is 31.1. The first-order chi connectivity index (χ1) is 35.0. The second kappa shape index (κ2) is 59.9. The molecule has 0 N–H and O–H groups in total. The highest BCUT2D eigenvalue weighted by Gasteiger charge is 2.19. The van der Waals surface area contributed by atoms with Crippen molar-refractivity contribution in [2.75, 3.05) is 13.2 Å². The number of hydrogen-bond acceptors (Lipinski definition) is 6. The van der Waals surface area contributed by atoms with Crippen LogP contribution in [0.1, 0.15) is 329 Å². The van der Waals surface area contributed by atoms with Crippen LogP contribution in [0.5, 0.6) is 0 Å². The van der Waals surface area contributed by atoms with Gasteiger partial charge in [0.25, 0.3) is 0 Å². The minimum Gasteiger partial charge on any atom is -0.462 e. The lowest BCUT2D eigenvalue weighted by atomic mass is 10.1. The van der Waals surface area contributed by atoms with E-state index in [2.05, 4.69) is 69.4 Å². The Morgan fingerprint density at radius 2 is 0.507 bits per heavy atom. The molecule has 0 spiro atoms. The van der Waals surface area contributed by atoms with Gasteiger partial charge in [0.2, 0.25) is 0 Å². The van der Waals surface area contributed by atoms with Crippen LogP contribution in [-0.4, -0.2) is 37.2 Å². The van der Waals surface area contributed by atoms with Crippen molar-refractivity contribution >= 4 is 17.9 Å². The van der Waals surface area contributed by atoms with E-state index in [1.54, 1.807) is 0 Å². The minimum atomic E-state index is -0.779. The summed E-state index contributed by atoms with van der Waals surface area (Å²) in [6.45, 7) is 6.64. The normalized spacial score (nSPS) is 12.3. The van der Waals surface area contributed by atoms with E-state index in [1.165, 1.54) is 218 Å². The molecule has 0 aliphatic rings. The molecule has 0 heterocycles. The summed E-state index contributed by atoms with van der Waals surface area (Å²) in [4.78, 5) is 38.3. The van der Waals surface area contributed by atoms with Crippen LogP contribution in [0.2, 0.25) is 0 Å². The number of unbranched alkanes of at least 4 members (excludes halogenated alkanes) is 38. The van der Waals surface area contributed by atoms with Crippen molar-refractivity contribution in [1.82, 2.24) is 0 Å². The van der Waals surface area contributed by atoms with Crippen molar-refractivity contribution < 1.29 is 28.6 Å². The highest BCUT2D eigenvalue weighted by Crippen LogP contribution is 2.16. The van der Waals surface area contributed by atoms with Crippen molar-refractivity contribution in [3.8, 4) is 0 Å². The molecule has 0 fully saturated rings. The molecular formula is C65H118O6. The third-order valence-corrected chi connectivity index (χ3v) is 13.8. The number of esters is 3. The molecule has 0 aromatic rings. The summed E-state index contributed by atoms with van der Waals surface area (Å²) < 4.78 is 16.9. The van der Waals surface area contributed by atoms with Gasteiger partial charge in [-0.15, -0.1) is 0 Å². The van der Waals surface area contributed by atoms with Crippen LogP contribution in [0.3, 0.4) is 0 Å². The maximum Gasteiger partial charge on any atom is 0.306 e. The standard InChI is InChI=1S/C65H118O6/c1-4-7-10-13-16-19-22-25-28-31-32-35-38-41-44-47-50-53-56-59-65(68)71-62(60-69-63(66)57-54-51-48-45-42-39-36-33-29-26-23-20-17-14-11-8-5-2)61-70-64(67)58-55-52-49-46-43-40-37-34-30-27-24-21-18-15-12-9-6-3/h17,20,25-30,62H,4-16,18-19,21-24,31-61H2,1-3H3/b20-17-,28-25-,29-26-,30-27-/t62-/m1/s1. The summed E-state index contributed by atoms with van der Waals surface area (Å²) in [6, 6.07) is 0. The van der Waals surface area contributed by atoms with Crippen LogP contribution in [0.15, 0.2) is 48.6 Å². The van der Waals surface area contributed by atoms with Crippen molar-refractivity contribution in [1.29, 1.82) is 0 Å². The van der Waals surface area contributed by atoms with E-state index in [9.17, 15) is 14.4 Å². The zero-order valence-corrected chi connectivity index (χ0v) is 47.5. The topological polar surface area (TPSA) is 78.9 Å². The number of ether oxygens (including phenoxy) is 3. The molecule has 1 atom stereocenters. The summed E-state index contributed by atoms with van der Waals surface area (Å²) in [5.74, 6) is -0.873. The SMILES string of the molecule is CCCCC/C=C\C/C=C\CCCCCCCCCC(=O)OC[C@H](COC(=O)CCCCCCCCC/C=C\CCCCCCCC)OC(=O)CCCCCCCCCCC/C=C\CCCCCCCC. The number of carbonyl (C=O) groups is 3. The maximum atomic E-state index is 12.9. The lowest BCUT2D eigenvalue weighted by Gasteiger charge is -2.18. The third-order valence-electron chi connectivity index (χ3n) is 13.8. The molecule has 0 radical (unpaired) electrons. The van der Waals surface area contributed by atoms with E-state index in [4.69, 9.17) is 14.2 Å². The number of allylic oxidation sites excluding steroid dienone is 8. The smallest absolute Gasteiger partial charge is 0.306 e. The van der Waals surface area contributed by atoms with Gasteiger partial charge in [-0.05, 0) is 103 Å². The van der Waals surface area contributed by atoms with E-state index in [-0.39, 0.29) is 31.1 Å². The first-order valence-corrected chi connectivity index (χ1v) is 31.1. The molecule has 0 amide bonds. The van der Waals surface area contributed by atoms with Crippen molar-refractivity contribution in [3.05, 3.63) is 48.6 Å². The molecule has 0 saturated carbocycles. The molecule has 6 nitrogen and oxygen atoms in total. The van der Waals surface area contributed by atoms with Gasteiger partial charge >= 0.3 is 17.9 Å². The lowest BCUT2D eigenvalue weighted by Crippen LogP contribution is -2.30. The highest BCUT2D eigenvalue weighted by molar-refractivity contribution is 5.71. The molecule has 0 aliphatic heterocycles. The predicted molar refractivity (Wildman–Crippen MR) is 307 cm³/mol. The second-order valence-electron chi connectivity index (χ2n) is 21.0. The van der Waals surface area contributed by atoms with Gasteiger partial charge in [0.05, 0.1) is 0 Å². The molecule has 0 bridgehead atoms. The molecule has 0 aliphatic carbocycles. The van der Waals surface area contributed by atoms with E-state index in [0.717, 1.165) is 70.6 Å². The summed E-state index contributed by atoms with van der Waals surface area (Å²) in [6.07, 6.45) is 73.9. The Bertz CT molecular complexity index is 1230. The van der Waals surface area contributed by atoms with Crippen LogP contribution in [0.25, 0.3) is 0 Å². The molecule has 414 valence electrons. The van der Waals surface area contributed by atoms with Gasteiger partial charge in [0, 0.05) is 19.3 Å². The van der Waals surface area contributed by atoms with E-state index in [1.807, 2.05) is 0 Å². The quantitative estimate of drug-likeness (QED) is 0.0261. The summed E-state index contributed by atoms with van der Waals surface area (Å²) in [5.41, 5.74) is 0. The van der Waals surface area contributed by atoms with E-state index >= 15 is 0 Å². The predicted octanol–water partition coefficient (Wildman–Crippen LogP) is 21.0.